The van der Waals surface area contributed by atoms with E-state index in [1.807, 2.05) is 4.90 Å². The van der Waals surface area contributed by atoms with E-state index in [2.05, 4.69) is 20.2 Å². The lowest BCUT2D eigenvalue weighted by molar-refractivity contribution is -0.136. The van der Waals surface area contributed by atoms with Crippen LogP contribution in [-0.2, 0) is 13.2 Å². The van der Waals surface area contributed by atoms with E-state index in [0.717, 1.165) is 77.8 Å². The lowest BCUT2D eigenvalue weighted by atomic mass is 9.94. The van der Waals surface area contributed by atoms with Crippen molar-refractivity contribution in [3.8, 4) is 0 Å². The van der Waals surface area contributed by atoms with Crippen molar-refractivity contribution in [2.45, 2.75) is 76.4 Å². The van der Waals surface area contributed by atoms with Crippen LogP contribution in [0.3, 0.4) is 0 Å². The van der Waals surface area contributed by atoms with Gasteiger partial charge in [0.05, 0.1) is 11.1 Å². The number of alkyl halides is 3. The van der Waals surface area contributed by atoms with Gasteiger partial charge in [-0.3, -0.25) is 9.48 Å². The average molecular weight is 561 g/mol. The van der Waals surface area contributed by atoms with Gasteiger partial charge in [-0.2, -0.15) is 18.3 Å². The summed E-state index contributed by atoms with van der Waals surface area (Å²) >= 11 is 0. The molecule has 0 atom stereocenters. The predicted octanol–water partition coefficient (Wildman–Crippen LogP) is 5.04. The monoisotopic (exact) mass is 560 g/mol. The molecule has 1 aliphatic carbocycles. The first kappa shape index (κ1) is 27.8. The summed E-state index contributed by atoms with van der Waals surface area (Å²) in [6.07, 6.45) is 6.67. The minimum absolute atomic E-state index is 0.0590. The molecule has 1 aromatic carbocycles. The van der Waals surface area contributed by atoms with Crippen LogP contribution < -0.4 is 10.2 Å². The molecule has 0 bridgehead atoms. The number of rotatable bonds is 6. The minimum Gasteiger partial charge on any atom is -0.371 e. The van der Waals surface area contributed by atoms with Crippen LogP contribution in [0.2, 0.25) is 0 Å². The fourth-order valence-electron chi connectivity index (χ4n) is 7.03. The first-order valence-electron chi connectivity index (χ1n) is 15.3. The van der Waals surface area contributed by atoms with Gasteiger partial charge >= 0.3 is 6.18 Å². The molecule has 3 saturated heterocycles. The first-order chi connectivity index (χ1) is 19.2. The van der Waals surface area contributed by atoms with Crippen LogP contribution in [0.1, 0.15) is 80.3 Å². The maximum Gasteiger partial charge on any atom is 0.417 e. The van der Waals surface area contributed by atoms with Gasteiger partial charge in [0.15, 0.2) is 5.69 Å². The number of fused-ring (bicyclic) bond motifs is 1. The molecular weight excluding hydrogens is 517 g/mol. The third-order valence-corrected chi connectivity index (χ3v) is 9.96. The molecule has 1 spiro atoms. The zero-order valence-corrected chi connectivity index (χ0v) is 23.7. The number of halogens is 3. The van der Waals surface area contributed by atoms with Gasteiger partial charge < -0.3 is 20.0 Å². The number of carbonyl (C=O) groups excluding carboxylic acids is 1. The SMILES string of the molecule is Cn1nc(C(=O)NC2CCN(CCN3CCC4(CC3)CC4)CC2)c2c(C(F)(F)F)cc(N3CCCCCC3)cc21. The van der Waals surface area contributed by atoms with Gasteiger partial charge in [-0.05, 0) is 82.0 Å². The Morgan fingerprint density at radius 2 is 1.55 bits per heavy atom. The number of hydrogen-bond donors (Lipinski definition) is 1. The number of hydrogen-bond acceptors (Lipinski definition) is 5. The van der Waals surface area contributed by atoms with Gasteiger partial charge in [0, 0.05) is 63.4 Å². The van der Waals surface area contributed by atoms with Gasteiger partial charge in [-0.15, -0.1) is 0 Å². The fourth-order valence-corrected chi connectivity index (χ4v) is 7.03. The number of benzene rings is 1. The zero-order valence-electron chi connectivity index (χ0n) is 23.7. The molecule has 0 unspecified atom stereocenters. The third-order valence-electron chi connectivity index (χ3n) is 9.96. The molecule has 2 aromatic rings. The summed E-state index contributed by atoms with van der Waals surface area (Å²) in [4.78, 5) is 20.4. The van der Waals surface area contributed by atoms with E-state index in [9.17, 15) is 18.0 Å². The Labute approximate surface area is 235 Å². The Kier molecular flexibility index (Phi) is 7.76. The predicted molar refractivity (Wildman–Crippen MR) is 151 cm³/mol. The van der Waals surface area contributed by atoms with Crippen molar-refractivity contribution in [3.63, 3.8) is 0 Å². The summed E-state index contributed by atoms with van der Waals surface area (Å²) in [5.41, 5.74) is 0.692. The highest BCUT2D eigenvalue weighted by atomic mass is 19.4. The van der Waals surface area contributed by atoms with Crippen LogP contribution in [0.15, 0.2) is 12.1 Å². The molecule has 10 heteroatoms. The molecule has 3 aliphatic heterocycles. The van der Waals surface area contributed by atoms with E-state index in [0.29, 0.717) is 16.6 Å². The van der Waals surface area contributed by atoms with Gasteiger partial charge in [0.25, 0.3) is 5.91 Å². The fraction of sp³-hybridized carbons (Fsp3) is 0.733. The maximum absolute atomic E-state index is 14.4. The Balaban J connectivity index is 1.10. The summed E-state index contributed by atoms with van der Waals surface area (Å²) in [5.74, 6) is -0.514. The van der Waals surface area contributed by atoms with Crippen molar-refractivity contribution < 1.29 is 18.0 Å². The van der Waals surface area contributed by atoms with E-state index in [-0.39, 0.29) is 17.1 Å². The zero-order chi connectivity index (χ0) is 27.9. The second-order valence-corrected chi connectivity index (χ2v) is 12.7. The maximum atomic E-state index is 14.4. The number of likely N-dealkylation sites (tertiary alicyclic amines) is 2. The van der Waals surface area contributed by atoms with Crippen molar-refractivity contribution >= 4 is 22.5 Å². The minimum atomic E-state index is -4.59. The van der Waals surface area contributed by atoms with Crippen molar-refractivity contribution in [2.24, 2.45) is 12.5 Å². The van der Waals surface area contributed by atoms with Crippen LogP contribution >= 0.6 is 0 Å². The average Bonchev–Trinajstić information content (AvgIpc) is 3.68. The van der Waals surface area contributed by atoms with Crippen LogP contribution in [0.4, 0.5) is 18.9 Å². The molecule has 220 valence electrons. The molecule has 1 saturated carbocycles. The van der Waals surface area contributed by atoms with Gasteiger partial charge in [-0.1, -0.05) is 12.8 Å². The number of nitrogens with zero attached hydrogens (tertiary/aromatic N) is 5. The summed E-state index contributed by atoms with van der Waals surface area (Å²) in [7, 11) is 1.62. The second kappa shape index (κ2) is 11.2. The summed E-state index contributed by atoms with van der Waals surface area (Å²) in [6, 6.07) is 2.93. The van der Waals surface area contributed by atoms with E-state index in [1.165, 1.54) is 49.5 Å². The first-order valence-corrected chi connectivity index (χ1v) is 15.3. The molecule has 4 fully saturated rings. The number of aromatic nitrogens is 2. The van der Waals surface area contributed by atoms with E-state index in [4.69, 9.17) is 0 Å². The van der Waals surface area contributed by atoms with Crippen molar-refractivity contribution in [3.05, 3.63) is 23.4 Å². The molecule has 0 radical (unpaired) electrons. The summed E-state index contributed by atoms with van der Waals surface area (Å²) in [5, 5.41) is 7.23. The normalized spacial score (nSPS) is 23.1. The van der Waals surface area contributed by atoms with Gasteiger partial charge in [-0.25, -0.2) is 0 Å². The standard InChI is InChI=1S/C30H43F3N6O/c1-36-25-21-23(39-12-4-2-3-5-13-39)20-24(30(31,32)33)26(25)27(35-36)28(40)34-22-6-14-37(15-7-22)18-19-38-16-10-29(8-9-29)11-17-38/h20-22H,2-19H2,1H3,(H,34,40). The van der Waals surface area contributed by atoms with Crippen LogP contribution in [-0.4, -0.2) is 83.9 Å². The number of piperidine rings is 2. The summed E-state index contributed by atoms with van der Waals surface area (Å²) < 4.78 is 44.5. The molecule has 4 aliphatic rings. The van der Waals surface area contributed by atoms with Gasteiger partial charge in [0.2, 0.25) is 0 Å². The van der Waals surface area contributed by atoms with Crippen LogP contribution in [0.25, 0.3) is 10.9 Å². The number of anilines is 1. The van der Waals surface area contributed by atoms with Crippen LogP contribution in [0, 0.1) is 5.41 Å². The highest BCUT2D eigenvalue weighted by molar-refractivity contribution is 6.07. The molecule has 1 amide bonds. The third kappa shape index (κ3) is 5.98. The second-order valence-electron chi connectivity index (χ2n) is 12.7. The molecule has 6 rings (SSSR count). The smallest absolute Gasteiger partial charge is 0.371 e. The van der Waals surface area contributed by atoms with Crippen LogP contribution in [0.5, 0.6) is 0 Å². The number of aryl methyl sites for hydroxylation is 1. The topological polar surface area (TPSA) is 56.6 Å². The van der Waals surface area contributed by atoms with Gasteiger partial charge in [0.1, 0.15) is 0 Å². The lowest BCUT2D eigenvalue weighted by Gasteiger charge is -2.36. The highest BCUT2D eigenvalue weighted by Crippen LogP contribution is 2.53. The Morgan fingerprint density at radius 3 is 2.15 bits per heavy atom. The lowest BCUT2D eigenvalue weighted by Crippen LogP contribution is -2.47. The molecule has 1 N–H and O–H groups in total. The van der Waals surface area contributed by atoms with Crippen molar-refractivity contribution in [2.75, 3.05) is 57.3 Å². The Morgan fingerprint density at radius 1 is 0.925 bits per heavy atom. The number of carbonyl (C=O) groups is 1. The molecular formula is C30H43F3N6O. The van der Waals surface area contributed by atoms with Crippen molar-refractivity contribution in [1.29, 1.82) is 0 Å². The van der Waals surface area contributed by atoms with E-state index >= 15 is 0 Å². The van der Waals surface area contributed by atoms with E-state index < -0.39 is 17.6 Å². The van der Waals surface area contributed by atoms with E-state index in [1.54, 1.807) is 13.1 Å². The highest BCUT2D eigenvalue weighted by Gasteiger charge is 2.44. The molecule has 1 aromatic heterocycles. The molecule has 4 heterocycles. The quantitative estimate of drug-likeness (QED) is 0.537. The Hall–Kier alpha value is -2.33. The number of nitrogens with one attached hydrogen (secondary N) is 1. The largest absolute Gasteiger partial charge is 0.417 e. The summed E-state index contributed by atoms with van der Waals surface area (Å²) in [6.45, 7) is 7.81. The number of amides is 1. The Bertz CT molecular complexity index is 1200. The molecule has 7 nitrogen and oxygen atoms in total. The molecule has 40 heavy (non-hydrogen) atoms. The van der Waals surface area contributed by atoms with Crippen molar-refractivity contribution in [1.82, 2.24) is 24.9 Å².